The van der Waals surface area contributed by atoms with E-state index in [9.17, 15) is 13.6 Å². The van der Waals surface area contributed by atoms with Crippen LogP contribution in [0.4, 0.5) is 8.78 Å². The van der Waals surface area contributed by atoms with E-state index in [4.69, 9.17) is 4.43 Å². The van der Waals surface area contributed by atoms with Crippen LogP contribution in [0.5, 0.6) is 0 Å². The van der Waals surface area contributed by atoms with Gasteiger partial charge in [-0.2, -0.15) is 0 Å². The van der Waals surface area contributed by atoms with E-state index in [1.807, 2.05) is 0 Å². The van der Waals surface area contributed by atoms with E-state index in [-0.39, 0.29) is 16.3 Å². The Morgan fingerprint density at radius 2 is 1.80 bits per heavy atom. The molecule has 0 bridgehead atoms. The van der Waals surface area contributed by atoms with Crippen molar-refractivity contribution in [2.75, 3.05) is 0 Å². The van der Waals surface area contributed by atoms with Crippen molar-refractivity contribution in [3.05, 3.63) is 65.0 Å². The van der Waals surface area contributed by atoms with Gasteiger partial charge in [0.2, 0.25) is 5.78 Å². The van der Waals surface area contributed by atoms with E-state index in [1.165, 1.54) is 6.07 Å². The lowest BCUT2D eigenvalue weighted by Gasteiger charge is -2.36. The average Bonchev–Trinajstić information content (AvgIpc) is 2.54. The highest BCUT2D eigenvalue weighted by Gasteiger charge is 2.37. The average molecular weight is 363 g/mol. The number of benzene rings is 1. The van der Waals surface area contributed by atoms with Crippen molar-refractivity contribution in [3.63, 3.8) is 0 Å². The summed E-state index contributed by atoms with van der Waals surface area (Å²) in [6.07, 6.45) is 1.58. The number of hydrogen-bond donors (Lipinski definition) is 0. The summed E-state index contributed by atoms with van der Waals surface area (Å²) in [5, 5.41) is 0.114. The summed E-state index contributed by atoms with van der Waals surface area (Å²) in [5.74, 6) is -2.48. The van der Waals surface area contributed by atoms with Crippen LogP contribution < -0.4 is 0 Å². The molecule has 0 N–H and O–H groups in total. The van der Waals surface area contributed by atoms with Gasteiger partial charge in [0, 0.05) is 11.8 Å². The van der Waals surface area contributed by atoms with Crippen molar-refractivity contribution >= 4 is 14.1 Å². The van der Waals surface area contributed by atoms with Gasteiger partial charge in [-0.05, 0) is 48.0 Å². The first-order chi connectivity index (χ1) is 11.5. The number of ketones is 1. The van der Waals surface area contributed by atoms with E-state index in [0.717, 1.165) is 17.7 Å². The SMILES string of the molecule is CC(C)(C)[Si](C)(C)OCc1ccc(C(=O)c2ccc(F)c(F)c2)nc1. The Labute approximate surface area is 148 Å². The van der Waals surface area contributed by atoms with Crippen molar-refractivity contribution < 1.29 is 18.0 Å². The molecule has 0 saturated heterocycles. The number of hydrogen-bond acceptors (Lipinski definition) is 3. The molecule has 6 heteroatoms. The van der Waals surface area contributed by atoms with Gasteiger partial charge in [0.25, 0.3) is 0 Å². The molecule has 1 heterocycles. The first kappa shape index (κ1) is 19.4. The Balaban J connectivity index is 2.09. The quantitative estimate of drug-likeness (QED) is 0.547. The molecule has 0 aliphatic carbocycles. The number of rotatable bonds is 5. The number of aromatic nitrogens is 1. The summed E-state index contributed by atoms with van der Waals surface area (Å²) < 4.78 is 32.4. The monoisotopic (exact) mass is 363 g/mol. The Hall–Kier alpha value is -1.92. The molecule has 0 fully saturated rings. The fraction of sp³-hybridized carbons (Fsp3) is 0.368. The number of carbonyl (C=O) groups excluding carboxylic acids is 1. The molecule has 0 radical (unpaired) electrons. The van der Waals surface area contributed by atoms with Gasteiger partial charge in [-0.3, -0.25) is 9.78 Å². The first-order valence-electron chi connectivity index (χ1n) is 8.10. The topological polar surface area (TPSA) is 39.2 Å². The normalized spacial score (nSPS) is 12.3. The minimum atomic E-state index is -1.86. The van der Waals surface area contributed by atoms with Crippen LogP contribution in [0.1, 0.15) is 42.4 Å². The summed E-state index contributed by atoms with van der Waals surface area (Å²) in [6.45, 7) is 11.3. The maximum atomic E-state index is 13.3. The largest absolute Gasteiger partial charge is 0.413 e. The van der Waals surface area contributed by atoms with Crippen LogP contribution in [0.3, 0.4) is 0 Å². The van der Waals surface area contributed by atoms with Crippen LogP contribution in [-0.4, -0.2) is 19.1 Å². The molecule has 2 aromatic rings. The van der Waals surface area contributed by atoms with Crippen LogP contribution in [0.25, 0.3) is 0 Å². The minimum absolute atomic E-state index is 0.0664. The van der Waals surface area contributed by atoms with Crippen LogP contribution in [-0.2, 0) is 11.0 Å². The maximum absolute atomic E-state index is 13.3. The molecule has 3 nitrogen and oxygen atoms in total. The molecule has 0 aliphatic heterocycles. The van der Waals surface area contributed by atoms with E-state index in [0.29, 0.717) is 6.61 Å². The molecular weight excluding hydrogens is 340 g/mol. The first-order valence-corrected chi connectivity index (χ1v) is 11.0. The van der Waals surface area contributed by atoms with Crippen molar-refractivity contribution in [1.82, 2.24) is 4.98 Å². The van der Waals surface area contributed by atoms with Crippen LogP contribution in [0, 0.1) is 11.6 Å². The molecule has 25 heavy (non-hydrogen) atoms. The maximum Gasteiger partial charge on any atom is 0.211 e. The second-order valence-corrected chi connectivity index (χ2v) is 12.4. The molecule has 0 aliphatic rings. The molecule has 0 unspecified atom stereocenters. The smallest absolute Gasteiger partial charge is 0.211 e. The standard InChI is InChI=1S/C19H23F2NO2Si/c1-19(2,3)25(4,5)24-12-13-6-9-17(22-11-13)18(23)14-7-8-15(20)16(21)10-14/h6-11H,12H2,1-5H3. The molecule has 1 aromatic carbocycles. The zero-order valence-corrected chi connectivity index (χ0v) is 16.2. The zero-order valence-electron chi connectivity index (χ0n) is 15.2. The Morgan fingerprint density at radius 1 is 1.12 bits per heavy atom. The highest BCUT2D eigenvalue weighted by Crippen LogP contribution is 2.37. The zero-order chi connectivity index (χ0) is 18.8. The number of pyridine rings is 1. The Bertz CT molecular complexity index is 768. The van der Waals surface area contributed by atoms with Gasteiger partial charge in [0.05, 0.1) is 6.61 Å². The lowest BCUT2D eigenvalue weighted by Crippen LogP contribution is -2.40. The second-order valence-electron chi connectivity index (χ2n) is 7.56. The Morgan fingerprint density at radius 3 is 2.32 bits per heavy atom. The molecule has 0 saturated carbocycles. The Kier molecular flexibility index (Phi) is 5.54. The molecule has 0 spiro atoms. The van der Waals surface area contributed by atoms with Gasteiger partial charge in [-0.15, -0.1) is 0 Å². The van der Waals surface area contributed by atoms with Gasteiger partial charge in [-0.25, -0.2) is 8.78 Å². The van der Waals surface area contributed by atoms with Gasteiger partial charge in [0.15, 0.2) is 20.0 Å². The van der Waals surface area contributed by atoms with Crippen LogP contribution >= 0.6 is 0 Å². The molecule has 2 rings (SSSR count). The molecule has 0 amide bonds. The lowest BCUT2D eigenvalue weighted by atomic mass is 10.1. The highest BCUT2D eigenvalue weighted by molar-refractivity contribution is 6.74. The molecule has 0 atom stereocenters. The van der Waals surface area contributed by atoms with Gasteiger partial charge >= 0.3 is 0 Å². The van der Waals surface area contributed by atoms with Gasteiger partial charge < -0.3 is 4.43 Å². The number of halogens is 2. The van der Waals surface area contributed by atoms with Crippen molar-refractivity contribution in [2.24, 2.45) is 0 Å². The molecular formula is C19H23F2NO2Si. The summed E-state index contributed by atoms with van der Waals surface area (Å²) >= 11 is 0. The fourth-order valence-electron chi connectivity index (χ4n) is 1.91. The highest BCUT2D eigenvalue weighted by atomic mass is 28.4. The molecule has 134 valence electrons. The van der Waals surface area contributed by atoms with E-state index >= 15 is 0 Å². The predicted octanol–water partition coefficient (Wildman–Crippen LogP) is 5.11. The number of carbonyl (C=O) groups is 1. The van der Waals surface area contributed by atoms with Crippen molar-refractivity contribution in [1.29, 1.82) is 0 Å². The van der Waals surface area contributed by atoms with Crippen molar-refractivity contribution in [3.8, 4) is 0 Å². The predicted molar refractivity (Wildman–Crippen MR) is 96.0 cm³/mol. The van der Waals surface area contributed by atoms with Crippen molar-refractivity contribution in [2.45, 2.75) is 45.5 Å². The molecule has 1 aromatic heterocycles. The summed E-state index contributed by atoms with van der Waals surface area (Å²) in [5.41, 5.74) is 1.12. The third kappa shape index (κ3) is 4.58. The van der Waals surface area contributed by atoms with Crippen LogP contribution in [0.15, 0.2) is 36.5 Å². The summed E-state index contributed by atoms with van der Waals surface area (Å²) in [6, 6.07) is 6.41. The fourth-order valence-corrected chi connectivity index (χ4v) is 2.87. The second kappa shape index (κ2) is 7.13. The van der Waals surface area contributed by atoms with Gasteiger partial charge in [0.1, 0.15) is 5.69 Å². The van der Waals surface area contributed by atoms with E-state index < -0.39 is 25.7 Å². The summed E-state index contributed by atoms with van der Waals surface area (Å²) in [4.78, 5) is 16.4. The lowest BCUT2D eigenvalue weighted by molar-refractivity contribution is 0.103. The minimum Gasteiger partial charge on any atom is -0.413 e. The van der Waals surface area contributed by atoms with Crippen LogP contribution in [0.2, 0.25) is 18.1 Å². The third-order valence-corrected chi connectivity index (χ3v) is 9.12. The summed E-state index contributed by atoms with van der Waals surface area (Å²) in [7, 11) is -1.86. The number of nitrogens with zero attached hydrogens (tertiary/aromatic N) is 1. The van der Waals surface area contributed by atoms with E-state index in [1.54, 1.807) is 18.3 Å². The van der Waals surface area contributed by atoms with Gasteiger partial charge in [-0.1, -0.05) is 26.8 Å². The third-order valence-electron chi connectivity index (χ3n) is 4.65. The van der Waals surface area contributed by atoms with E-state index in [2.05, 4.69) is 38.8 Å².